The van der Waals surface area contributed by atoms with Gasteiger partial charge >= 0.3 is 11.9 Å². The molecular formula is C25H38N6O12. The van der Waals surface area contributed by atoms with Crippen LogP contribution in [0.4, 0.5) is 0 Å². The molecule has 0 fully saturated rings. The van der Waals surface area contributed by atoms with Crippen LogP contribution in [0.2, 0.25) is 0 Å². The van der Waals surface area contributed by atoms with Crippen molar-refractivity contribution in [2.45, 2.75) is 45.4 Å². The van der Waals surface area contributed by atoms with E-state index in [2.05, 4.69) is 16.0 Å². The third-order valence-electron chi connectivity index (χ3n) is 5.42. The van der Waals surface area contributed by atoms with Gasteiger partial charge in [0.1, 0.15) is 13.1 Å². The van der Waals surface area contributed by atoms with Crippen LogP contribution in [0.15, 0.2) is 0 Å². The zero-order valence-electron chi connectivity index (χ0n) is 23.8. The van der Waals surface area contributed by atoms with Gasteiger partial charge in [-0.15, -0.1) is 0 Å². The van der Waals surface area contributed by atoms with Gasteiger partial charge in [0, 0.05) is 32.1 Å². The molecule has 0 spiro atoms. The first-order valence-electron chi connectivity index (χ1n) is 13.2. The number of carbonyl (C=O) groups is 10. The lowest BCUT2D eigenvalue weighted by molar-refractivity contribution is -0.146. The van der Waals surface area contributed by atoms with Gasteiger partial charge in [0.15, 0.2) is 17.3 Å². The highest BCUT2D eigenvalue weighted by Gasteiger charge is 2.23. The average molecular weight is 615 g/mol. The van der Waals surface area contributed by atoms with Crippen molar-refractivity contribution in [3.8, 4) is 0 Å². The van der Waals surface area contributed by atoms with Gasteiger partial charge in [-0.3, -0.25) is 47.9 Å². The van der Waals surface area contributed by atoms with Crippen molar-refractivity contribution in [3.63, 3.8) is 0 Å². The maximum atomic E-state index is 12.5. The number of nitrogens with two attached hydrogens (primary N) is 1. The second kappa shape index (κ2) is 21.0. The highest BCUT2D eigenvalue weighted by molar-refractivity contribution is 5.94. The normalized spacial score (nSPS) is 10.2. The molecule has 240 valence electrons. The van der Waals surface area contributed by atoms with E-state index in [1.165, 1.54) is 0 Å². The van der Waals surface area contributed by atoms with Crippen LogP contribution in [0.5, 0.6) is 0 Å². The van der Waals surface area contributed by atoms with Crippen molar-refractivity contribution in [1.29, 1.82) is 0 Å². The Kier molecular flexibility index (Phi) is 18.7. The lowest BCUT2D eigenvalue weighted by Gasteiger charge is -2.21. The Morgan fingerprint density at radius 2 is 0.930 bits per heavy atom. The van der Waals surface area contributed by atoms with E-state index >= 15 is 0 Å². The minimum atomic E-state index is -1.44. The molecule has 18 nitrogen and oxygen atoms in total. The zero-order valence-corrected chi connectivity index (χ0v) is 23.8. The third kappa shape index (κ3) is 19.1. The molecule has 0 aliphatic rings. The molecule has 0 aromatic heterocycles. The van der Waals surface area contributed by atoms with Crippen molar-refractivity contribution < 1.29 is 58.2 Å². The minimum absolute atomic E-state index is 0.174. The molecule has 0 aliphatic heterocycles. The first-order valence-corrected chi connectivity index (χ1v) is 13.2. The van der Waals surface area contributed by atoms with Crippen molar-refractivity contribution in [3.05, 3.63) is 0 Å². The Morgan fingerprint density at radius 1 is 0.535 bits per heavy atom. The van der Waals surface area contributed by atoms with Gasteiger partial charge in [0.2, 0.25) is 29.5 Å². The highest BCUT2D eigenvalue weighted by Crippen LogP contribution is 2.00. The number of nitrogens with one attached hydrogen (secondary N) is 3. The molecule has 18 heteroatoms. The van der Waals surface area contributed by atoms with E-state index in [1.54, 1.807) is 6.92 Å². The lowest BCUT2D eigenvalue weighted by Crippen LogP contribution is -2.46. The van der Waals surface area contributed by atoms with Gasteiger partial charge in [-0.1, -0.05) is 6.92 Å². The Labute approximate surface area is 246 Å². The van der Waals surface area contributed by atoms with E-state index in [4.69, 9.17) is 15.9 Å². The van der Waals surface area contributed by atoms with Crippen LogP contribution < -0.4 is 21.7 Å². The minimum Gasteiger partial charge on any atom is -0.480 e. The third-order valence-corrected chi connectivity index (χ3v) is 5.42. The summed E-state index contributed by atoms with van der Waals surface area (Å²) in [6, 6.07) is 0. The summed E-state index contributed by atoms with van der Waals surface area (Å²) in [5, 5.41) is 24.7. The fourth-order valence-corrected chi connectivity index (χ4v) is 3.27. The first kappa shape index (κ1) is 38.3. The molecule has 0 bridgehead atoms. The Hall–Kier alpha value is -4.74. The van der Waals surface area contributed by atoms with Gasteiger partial charge in [0.25, 0.3) is 0 Å². The predicted octanol–water partition coefficient (Wildman–Crippen LogP) is -3.81. The van der Waals surface area contributed by atoms with E-state index in [0.29, 0.717) is 22.6 Å². The summed E-state index contributed by atoms with van der Waals surface area (Å²) < 4.78 is 0. The SMILES string of the molecule is CCCC(=O)CNC(=O)CCC(=O)CN(CC(=O)O)C(=O)CNC(=O)CCC(=O)CN(CC(=O)O)C(=O)CNC(=O)CN. The summed E-state index contributed by atoms with van der Waals surface area (Å²) in [6.45, 7) is -3.12. The van der Waals surface area contributed by atoms with Crippen LogP contribution in [-0.2, 0) is 47.9 Å². The molecule has 0 heterocycles. The van der Waals surface area contributed by atoms with E-state index in [9.17, 15) is 47.9 Å². The predicted molar refractivity (Wildman–Crippen MR) is 145 cm³/mol. The van der Waals surface area contributed by atoms with Crippen LogP contribution in [-0.4, -0.2) is 131 Å². The maximum Gasteiger partial charge on any atom is 0.323 e. The molecule has 43 heavy (non-hydrogen) atoms. The number of aliphatic carboxylic acids is 2. The van der Waals surface area contributed by atoms with E-state index in [1.807, 2.05) is 0 Å². The number of amides is 5. The topological polar surface area (TPSA) is 280 Å². The van der Waals surface area contributed by atoms with Crippen LogP contribution in [0.25, 0.3) is 0 Å². The molecule has 0 unspecified atom stereocenters. The largest absolute Gasteiger partial charge is 0.480 e. The summed E-state index contributed by atoms with van der Waals surface area (Å²) in [7, 11) is 0. The molecule has 0 saturated heterocycles. The van der Waals surface area contributed by atoms with Gasteiger partial charge in [-0.05, 0) is 6.42 Å². The quantitative estimate of drug-likeness (QED) is 0.0644. The number of carbonyl (C=O) groups excluding carboxylic acids is 8. The molecule has 0 aliphatic carbocycles. The Balaban J connectivity index is 4.78. The number of ketones is 3. The fourth-order valence-electron chi connectivity index (χ4n) is 3.27. The molecule has 7 N–H and O–H groups in total. The van der Waals surface area contributed by atoms with Gasteiger partial charge in [0.05, 0.1) is 39.3 Å². The van der Waals surface area contributed by atoms with Crippen LogP contribution in [0, 0.1) is 0 Å². The molecule has 0 aromatic carbocycles. The van der Waals surface area contributed by atoms with E-state index < -0.39 is 112 Å². The van der Waals surface area contributed by atoms with Gasteiger partial charge in [-0.2, -0.15) is 0 Å². The number of Topliss-reactive ketones (excluding diaryl/α,β-unsaturated/α-hetero) is 3. The second-order valence-electron chi connectivity index (χ2n) is 9.19. The molecule has 0 aromatic rings. The first-order chi connectivity index (χ1) is 20.2. The lowest BCUT2D eigenvalue weighted by atomic mass is 10.2. The summed E-state index contributed by atoms with van der Waals surface area (Å²) in [5.74, 6) is -8.20. The smallest absolute Gasteiger partial charge is 0.323 e. The Morgan fingerprint density at radius 3 is 1.30 bits per heavy atom. The van der Waals surface area contributed by atoms with Crippen LogP contribution >= 0.6 is 0 Å². The highest BCUT2D eigenvalue weighted by atomic mass is 16.4. The molecule has 0 rings (SSSR count). The zero-order chi connectivity index (χ0) is 32.9. The van der Waals surface area contributed by atoms with E-state index in [-0.39, 0.29) is 25.2 Å². The molecular weight excluding hydrogens is 576 g/mol. The summed E-state index contributed by atoms with van der Waals surface area (Å²) in [6.07, 6.45) is -0.597. The average Bonchev–Trinajstić information content (AvgIpc) is 2.94. The van der Waals surface area contributed by atoms with Crippen molar-refractivity contribution in [1.82, 2.24) is 25.8 Å². The number of carboxylic acid groups (broad SMARTS) is 2. The number of rotatable bonds is 23. The molecule has 0 radical (unpaired) electrons. The number of nitrogens with zero attached hydrogens (tertiary/aromatic N) is 2. The number of hydrogen-bond acceptors (Lipinski definition) is 11. The van der Waals surface area contributed by atoms with Gasteiger partial charge < -0.3 is 41.7 Å². The summed E-state index contributed by atoms with van der Waals surface area (Å²) in [5.41, 5.74) is 5.10. The number of hydrogen-bond donors (Lipinski definition) is 6. The van der Waals surface area contributed by atoms with Gasteiger partial charge in [-0.25, -0.2) is 0 Å². The maximum absolute atomic E-state index is 12.5. The monoisotopic (exact) mass is 614 g/mol. The summed E-state index contributed by atoms with van der Waals surface area (Å²) in [4.78, 5) is 119. The standard InChI is InChI=1S/C25H38N6O12/c1-2-3-16(32)9-27-19(35)6-4-17(33)12-30(14-24(40)41)22(38)10-28-20(36)7-5-18(34)13-31(15-25(42)43)23(39)11-29-21(37)8-26/h2-15,26H2,1H3,(H,27,35)(H,28,36)(H,29,37)(H,40,41)(H,42,43). The Bertz CT molecular complexity index is 1080. The molecule has 0 saturated carbocycles. The van der Waals surface area contributed by atoms with Crippen molar-refractivity contribution in [2.24, 2.45) is 5.73 Å². The fraction of sp³-hybridized carbons (Fsp3) is 0.600. The number of carboxylic acids is 2. The summed E-state index contributed by atoms with van der Waals surface area (Å²) >= 11 is 0. The van der Waals surface area contributed by atoms with Crippen molar-refractivity contribution in [2.75, 3.05) is 52.4 Å². The van der Waals surface area contributed by atoms with Crippen molar-refractivity contribution >= 4 is 58.8 Å². The molecule has 0 atom stereocenters. The van der Waals surface area contributed by atoms with E-state index in [0.717, 1.165) is 0 Å². The van der Waals surface area contributed by atoms with Crippen LogP contribution in [0.1, 0.15) is 45.4 Å². The van der Waals surface area contributed by atoms with Crippen LogP contribution in [0.3, 0.4) is 0 Å². The second-order valence-corrected chi connectivity index (χ2v) is 9.19. The molecule has 5 amide bonds.